The fraction of sp³-hybridized carbons (Fsp3) is 0.200. The first-order valence-corrected chi connectivity index (χ1v) is 4.27. The smallest absolute Gasteiger partial charge is 0.313 e. The van der Waals surface area contributed by atoms with Gasteiger partial charge in [0.15, 0.2) is 0 Å². The number of hydrogen-bond donors (Lipinski definition) is 2. The Bertz CT molecular complexity index is 412. The first kappa shape index (κ1) is 8.74. The quantitative estimate of drug-likeness (QED) is 0.516. The molecular weight excluding hydrogens is 182 g/mol. The Labute approximate surface area is 80.5 Å². The Morgan fingerprint density at radius 2 is 2.14 bits per heavy atom. The van der Waals surface area contributed by atoms with Gasteiger partial charge < -0.3 is 10.3 Å². The molecule has 0 aliphatic heterocycles. The lowest BCUT2D eigenvalue weighted by molar-refractivity contribution is -0.139. The van der Waals surface area contributed by atoms with Crippen molar-refractivity contribution in [3.05, 3.63) is 35.4 Å². The maximum atomic E-state index is 10.8. The molecule has 4 nitrogen and oxygen atoms in total. The summed E-state index contributed by atoms with van der Waals surface area (Å²) in [5.74, 6) is -1.66. The second-order valence-electron chi connectivity index (χ2n) is 3.24. The van der Waals surface area contributed by atoms with Gasteiger partial charge in [-0.1, -0.05) is 29.4 Å². The zero-order chi connectivity index (χ0) is 10.1. The molecule has 14 heavy (non-hydrogen) atoms. The molecule has 0 saturated heterocycles. The van der Waals surface area contributed by atoms with Gasteiger partial charge in [-0.15, -0.1) is 0 Å². The number of oxime groups is 1. The molecule has 0 bridgehead atoms. The van der Waals surface area contributed by atoms with E-state index in [1.165, 1.54) is 0 Å². The molecule has 1 atom stereocenters. The first-order chi connectivity index (χ1) is 6.74. The van der Waals surface area contributed by atoms with Crippen molar-refractivity contribution >= 4 is 11.7 Å². The van der Waals surface area contributed by atoms with Gasteiger partial charge in [0.1, 0.15) is 11.6 Å². The van der Waals surface area contributed by atoms with E-state index in [0.29, 0.717) is 6.42 Å². The van der Waals surface area contributed by atoms with Crippen molar-refractivity contribution in [1.82, 2.24) is 0 Å². The number of hydrogen-bond acceptors (Lipinski definition) is 3. The highest BCUT2D eigenvalue weighted by molar-refractivity contribution is 6.14. The molecule has 0 fully saturated rings. The van der Waals surface area contributed by atoms with Crippen LogP contribution in [0.3, 0.4) is 0 Å². The van der Waals surface area contributed by atoms with Crippen molar-refractivity contribution in [1.29, 1.82) is 0 Å². The van der Waals surface area contributed by atoms with E-state index in [9.17, 15) is 4.79 Å². The van der Waals surface area contributed by atoms with Gasteiger partial charge in [-0.3, -0.25) is 4.79 Å². The summed E-state index contributed by atoms with van der Waals surface area (Å²) in [6.45, 7) is 0. The van der Waals surface area contributed by atoms with Crippen molar-refractivity contribution in [3.63, 3.8) is 0 Å². The molecule has 0 amide bonds. The van der Waals surface area contributed by atoms with Crippen molar-refractivity contribution in [2.24, 2.45) is 11.1 Å². The minimum atomic E-state index is -0.950. The number of rotatable bonds is 1. The molecule has 2 N–H and O–H groups in total. The lowest BCUT2D eigenvalue weighted by atomic mass is 10.1. The lowest BCUT2D eigenvalue weighted by Crippen LogP contribution is -2.20. The van der Waals surface area contributed by atoms with Crippen LogP contribution in [0.1, 0.15) is 11.1 Å². The van der Waals surface area contributed by atoms with Gasteiger partial charge in [-0.2, -0.15) is 0 Å². The maximum Gasteiger partial charge on any atom is 0.313 e. The molecule has 72 valence electrons. The molecule has 2 rings (SSSR count). The predicted molar refractivity (Wildman–Crippen MR) is 49.6 cm³/mol. The molecule has 1 aliphatic rings. The van der Waals surface area contributed by atoms with Crippen molar-refractivity contribution in [3.8, 4) is 0 Å². The first-order valence-electron chi connectivity index (χ1n) is 4.27. The van der Waals surface area contributed by atoms with E-state index in [1.807, 2.05) is 12.1 Å². The molecule has 1 aromatic carbocycles. The average Bonchev–Trinajstić information content (AvgIpc) is 2.56. The Morgan fingerprint density at radius 1 is 1.43 bits per heavy atom. The minimum Gasteiger partial charge on any atom is -0.481 e. The summed E-state index contributed by atoms with van der Waals surface area (Å²) in [4.78, 5) is 10.8. The molecule has 0 radical (unpaired) electrons. The van der Waals surface area contributed by atoms with E-state index in [0.717, 1.165) is 11.1 Å². The highest BCUT2D eigenvalue weighted by atomic mass is 16.4. The van der Waals surface area contributed by atoms with Crippen molar-refractivity contribution in [2.45, 2.75) is 6.42 Å². The Morgan fingerprint density at radius 3 is 2.79 bits per heavy atom. The van der Waals surface area contributed by atoms with Crippen LogP contribution in [0.25, 0.3) is 0 Å². The molecule has 1 aliphatic carbocycles. The van der Waals surface area contributed by atoms with Gasteiger partial charge in [0.2, 0.25) is 0 Å². The normalized spacial score (nSPS) is 22.3. The fourth-order valence-corrected chi connectivity index (χ4v) is 1.78. The second-order valence-corrected chi connectivity index (χ2v) is 3.24. The third-order valence-electron chi connectivity index (χ3n) is 2.45. The molecule has 4 heteroatoms. The highest BCUT2D eigenvalue weighted by Gasteiger charge is 2.33. The Kier molecular flexibility index (Phi) is 1.96. The topological polar surface area (TPSA) is 69.9 Å². The zero-order valence-corrected chi connectivity index (χ0v) is 7.34. The minimum absolute atomic E-state index is 0.258. The van der Waals surface area contributed by atoms with Crippen LogP contribution in [-0.4, -0.2) is 22.0 Å². The summed E-state index contributed by atoms with van der Waals surface area (Å²) in [7, 11) is 0. The van der Waals surface area contributed by atoms with Crippen molar-refractivity contribution < 1.29 is 15.1 Å². The zero-order valence-electron chi connectivity index (χ0n) is 7.34. The van der Waals surface area contributed by atoms with E-state index in [2.05, 4.69) is 5.16 Å². The Hall–Kier alpha value is -1.84. The van der Waals surface area contributed by atoms with Gasteiger partial charge in [-0.25, -0.2) is 0 Å². The number of aliphatic carboxylic acids is 1. The number of carboxylic acids is 1. The summed E-state index contributed by atoms with van der Waals surface area (Å²) >= 11 is 0. The molecular formula is C10H9NO3. The molecule has 0 aromatic heterocycles. The number of carboxylic acid groups (broad SMARTS) is 1. The summed E-state index contributed by atoms with van der Waals surface area (Å²) in [5, 5.41) is 20.7. The molecule has 0 heterocycles. The third kappa shape index (κ3) is 1.16. The lowest BCUT2D eigenvalue weighted by Gasteiger charge is -2.01. The third-order valence-corrected chi connectivity index (χ3v) is 2.45. The summed E-state index contributed by atoms with van der Waals surface area (Å²) in [6.07, 6.45) is 0.408. The van der Waals surface area contributed by atoms with Gasteiger partial charge >= 0.3 is 5.97 Å². The van der Waals surface area contributed by atoms with Gasteiger partial charge in [0.25, 0.3) is 0 Å². The van der Waals surface area contributed by atoms with Gasteiger partial charge in [0.05, 0.1) is 0 Å². The van der Waals surface area contributed by atoms with Crippen LogP contribution in [0.15, 0.2) is 29.4 Å². The van der Waals surface area contributed by atoms with E-state index >= 15 is 0 Å². The molecule has 1 aromatic rings. The average molecular weight is 191 g/mol. The number of fused-ring (bicyclic) bond motifs is 1. The fourth-order valence-electron chi connectivity index (χ4n) is 1.78. The predicted octanol–water partition coefficient (Wildman–Crippen LogP) is 1.12. The van der Waals surface area contributed by atoms with E-state index in [-0.39, 0.29) is 5.71 Å². The summed E-state index contributed by atoms with van der Waals surface area (Å²) in [6, 6.07) is 7.27. The van der Waals surface area contributed by atoms with Crippen LogP contribution in [0, 0.1) is 5.92 Å². The maximum absolute atomic E-state index is 10.8. The van der Waals surface area contributed by atoms with Crippen LogP contribution in [-0.2, 0) is 11.2 Å². The van der Waals surface area contributed by atoms with Crippen molar-refractivity contribution in [2.75, 3.05) is 0 Å². The van der Waals surface area contributed by atoms with E-state index < -0.39 is 11.9 Å². The van der Waals surface area contributed by atoms with Crippen LogP contribution in [0.5, 0.6) is 0 Å². The van der Waals surface area contributed by atoms with Crippen LogP contribution >= 0.6 is 0 Å². The second kappa shape index (κ2) is 3.14. The van der Waals surface area contributed by atoms with E-state index in [1.54, 1.807) is 12.1 Å². The standard InChI is InChI=1S/C10H9NO3/c12-10(13)8-5-6-3-1-2-4-7(6)9(8)11-14/h1-4,8,14H,5H2,(H,12,13). The number of nitrogens with zero attached hydrogens (tertiary/aromatic N) is 1. The van der Waals surface area contributed by atoms with Gasteiger partial charge in [0, 0.05) is 5.56 Å². The summed E-state index contributed by atoms with van der Waals surface area (Å²) < 4.78 is 0. The largest absolute Gasteiger partial charge is 0.481 e. The van der Waals surface area contributed by atoms with Crippen LogP contribution in [0.2, 0.25) is 0 Å². The molecule has 0 spiro atoms. The molecule has 0 saturated carbocycles. The highest BCUT2D eigenvalue weighted by Crippen LogP contribution is 2.27. The SMILES string of the molecule is O=C(O)C1Cc2ccccc2C1=NO. The Balaban J connectivity index is 2.49. The van der Waals surface area contributed by atoms with Crippen LogP contribution < -0.4 is 0 Å². The summed E-state index contributed by atoms with van der Waals surface area (Å²) in [5.41, 5.74) is 1.92. The number of carbonyl (C=O) groups is 1. The van der Waals surface area contributed by atoms with Gasteiger partial charge in [-0.05, 0) is 12.0 Å². The van der Waals surface area contributed by atoms with E-state index in [4.69, 9.17) is 10.3 Å². The van der Waals surface area contributed by atoms with Crippen LogP contribution in [0.4, 0.5) is 0 Å². The number of benzene rings is 1. The monoisotopic (exact) mass is 191 g/mol. The molecule has 1 unspecified atom stereocenters.